The Morgan fingerprint density at radius 1 is 1.45 bits per heavy atom. The Kier molecular flexibility index (Phi) is 3.76. The molecule has 2 N–H and O–H groups in total. The Bertz CT molecular complexity index is 492. The molecule has 1 aromatic heterocycles. The molecule has 0 bridgehead atoms. The molecule has 0 saturated heterocycles. The molecule has 2 aliphatic rings. The van der Waals surface area contributed by atoms with E-state index in [2.05, 4.69) is 14.9 Å². The lowest BCUT2D eigenvalue weighted by Gasteiger charge is -2.30. The minimum atomic E-state index is -1.17. The van der Waals surface area contributed by atoms with Crippen molar-refractivity contribution < 1.29 is 14.6 Å². The standard InChI is InChI=1S/C14H21N3O3/c18-13(14(19)4-2-1-3-5-14)16-9-11-8-15-12-10-20-7-6-17(11)12/h8,19H,1-7,9-10H2,(H,16,18). The first-order valence-corrected chi connectivity index (χ1v) is 7.31. The lowest BCUT2D eigenvalue weighted by molar-refractivity contribution is -0.143. The van der Waals surface area contributed by atoms with Crippen LogP contribution < -0.4 is 5.32 Å². The molecular weight excluding hydrogens is 258 g/mol. The van der Waals surface area contributed by atoms with E-state index in [1.54, 1.807) is 6.20 Å². The smallest absolute Gasteiger partial charge is 0.252 e. The largest absolute Gasteiger partial charge is 0.380 e. The van der Waals surface area contributed by atoms with E-state index in [1.807, 2.05) is 0 Å². The maximum absolute atomic E-state index is 12.2. The number of nitrogens with zero attached hydrogens (tertiary/aromatic N) is 2. The van der Waals surface area contributed by atoms with Gasteiger partial charge in [0, 0.05) is 6.54 Å². The summed E-state index contributed by atoms with van der Waals surface area (Å²) in [6.45, 7) is 2.38. The van der Waals surface area contributed by atoms with E-state index < -0.39 is 5.60 Å². The van der Waals surface area contributed by atoms with Crippen LogP contribution in [0.1, 0.15) is 43.6 Å². The van der Waals surface area contributed by atoms with Crippen molar-refractivity contribution in [2.75, 3.05) is 6.61 Å². The molecule has 1 saturated carbocycles. The van der Waals surface area contributed by atoms with Gasteiger partial charge in [-0.3, -0.25) is 4.79 Å². The third-order valence-electron chi connectivity index (χ3n) is 4.24. The number of aliphatic hydroxyl groups is 1. The van der Waals surface area contributed by atoms with Gasteiger partial charge in [-0.15, -0.1) is 0 Å². The van der Waals surface area contributed by atoms with Crippen molar-refractivity contribution in [2.24, 2.45) is 0 Å². The molecule has 0 spiro atoms. The average molecular weight is 279 g/mol. The molecule has 2 heterocycles. The summed E-state index contributed by atoms with van der Waals surface area (Å²) in [7, 11) is 0. The molecule has 1 aliphatic carbocycles. The van der Waals surface area contributed by atoms with Gasteiger partial charge in [0.2, 0.25) is 0 Å². The van der Waals surface area contributed by atoms with Crippen LogP contribution in [0.5, 0.6) is 0 Å². The number of hydrogen-bond acceptors (Lipinski definition) is 4. The highest BCUT2D eigenvalue weighted by molar-refractivity contribution is 5.84. The Labute approximate surface area is 118 Å². The molecule has 0 unspecified atom stereocenters. The highest BCUT2D eigenvalue weighted by Crippen LogP contribution is 2.28. The van der Waals surface area contributed by atoms with Gasteiger partial charge in [-0.05, 0) is 12.8 Å². The average Bonchev–Trinajstić information content (AvgIpc) is 2.89. The number of amides is 1. The molecule has 1 fully saturated rings. The second-order valence-electron chi connectivity index (χ2n) is 5.64. The van der Waals surface area contributed by atoms with E-state index >= 15 is 0 Å². The molecule has 6 heteroatoms. The highest BCUT2D eigenvalue weighted by atomic mass is 16.5. The fourth-order valence-electron chi connectivity index (χ4n) is 3.00. The lowest BCUT2D eigenvalue weighted by atomic mass is 9.84. The monoisotopic (exact) mass is 279 g/mol. The summed E-state index contributed by atoms with van der Waals surface area (Å²) in [5.74, 6) is 0.650. The van der Waals surface area contributed by atoms with Crippen molar-refractivity contribution in [2.45, 2.75) is 57.4 Å². The molecule has 1 aromatic rings. The summed E-state index contributed by atoms with van der Waals surface area (Å²) < 4.78 is 7.41. The highest BCUT2D eigenvalue weighted by Gasteiger charge is 2.36. The number of hydrogen-bond donors (Lipinski definition) is 2. The number of aromatic nitrogens is 2. The van der Waals surface area contributed by atoms with Gasteiger partial charge in [-0.25, -0.2) is 4.98 Å². The van der Waals surface area contributed by atoms with E-state index in [0.29, 0.717) is 32.6 Å². The number of carbonyl (C=O) groups is 1. The molecule has 0 atom stereocenters. The molecule has 0 radical (unpaired) electrons. The van der Waals surface area contributed by atoms with Crippen LogP contribution in [-0.2, 0) is 29.2 Å². The second-order valence-corrected chi connectivity index (χ2v) is 5.64. The number of ether oxygens (including phenoxy) is 1. The predicted octanol–water partition coefficient (Wildman–Crippen LogP) is 0.725. The fraction of sp³-hybridized carbons (Fsp3) is 0.714. The predicted molar refractivity (Wildman–Crippen MR) is 71.8 cm³/mol. The first-order chi connectivity index (χ1) is 9.69. The maximum atomic E-state index is 12.2. The number of fused-ring (bicyclic) bond motifs is 1. The van der Waals surface area contributed by atoms with Gasteiger partial charge < -0.3 is 19.7 Å². The topological polar surface area (TPSA) is 76.4 Å². The Morgan fingerprint density at radius 3 is 3.05 bits per heavy atom. The molecule has 1 aliphatic heterocycles. The molecule has 20 heavy (non-hydrogen) atoms. The van der Waals surface area contributed by atoms with Gasteiger partial charge in [0.05, 0.1) is 25.0 Å². The lowest BCUT2D eigenvalue weighted by Crippen LogP contribution is -2.47. The van der Waals surface area contributed by atoms with E-state index in [4.69, 9.17) is 4.74 Å². The van der Waals surface area contributed by atoms with Gasteiger partial charge in [0.1, 0.15) is 18.0 Å². The summed E-state index contributed by atoms with van der Waals surface area (Å²) in [4.78, 5) is 16.5. The van der Waals surface area contributed by atoms with E-state index in [0.717, 1.165) is 37.3 Å². The summed E-state index contributed by atoms with van der Waals surface area (Å²) in [5, 5.41) is 13.2. The van der Waals surface area contributed by atoms with Gasteiger partial charge in [-0.2, -0.15) is 0 Å². The van der Waals surface area contributed by atoms with Gasteiger partial charge >= 0.3 is 0 Å². The zero-order valence-electron chi connectivity index (χ0n) is 11.6. The molecule has 6 nitrogen and oxygen atoms in total. The van der Waals surface area contributed by atoms with Crippen molar-refractivity contribution in [3.63, 3.8) is 0 Å². The van der Waals surface area contributed by atoms with Crippen LogP contribution in [0.15, 0.2) is 6.20 Å². The first kappa shape index (κ1) is 13.6. The number of carbonyl (C=O) groups excluding carboxylic acids is 1. The second kappa shape index (κ2) is 5.54. The van der Waals surface area contributed by atoms with E-state index in [9.17, 15) is 9.90 Å². The van der Waals surface area contributed by atoms with E-state index in [-0.39, 0.29) is 5.91 Å². The van der Waals surface area contributed by atoms with Crippen LogP contribution in [0.4, 0.5) is 0 Å². The van der Waals surface area contributed by atoms with Crippen molar-refractivity contribution in [1.29, 1.82) is 0 Å². The molecule has 110 valence electrons. The van der Waals surface area contributed by atoms with Crippen molar-refractivity contribution >= 4 is 5.91 Å². The van der Waals surface area contributed by atoms with Crippen LogP contribution >= 0.6 is 0 Å². The van der Waals surface area contributed by atoms with E-state index in [1.165, 1.54) is 0 Å². The van der Waals surface area contributed by atoms with Crippen LogP contribution in [0.3, 0.4) is 0 Å². The Hall–Kier alpha value is -1.40. The zero-order chi connectivity index (χ0) is 14.0. The number of nitrogens with one attached hydrogen (secondary N) is 1. The summed E-state index contributed by atoms with van der Waals surface area (Å²) in [6.07, 6.45) is 5.85. The zero-order valence-corrected chi connectivity index (χ0v) is 11.6. The Morgan fingerprint density at radius 2 is 2.25 bits per heavy atom. The maximum Gasteiger partial charge on any atom is 0.252 e. The summed E-state index contributed by atoms with van der Waals surface area (Å²) >= 11 is 0. The van der Waals surface area contributed by atoms with Gasteiger partial charge in [-0.1, -0.05) is 19.3 Å². The fourth-order valence-corrected chi connectivity index (χ4v) is 3.00. The van der Waals surface area contributed by atoms with Gasteiger partial charge in [0.15, 0.2) is 0 Å². The van der Waals surface area contributed by atoms with Crippen molar-refractivity contribution in [1.82, 2.24) is 14.9 Å². The third-order valence-corrected chi connectivity index (χ3v) is 4.24. The van der Waals surface area contributed by atoms with Gasteiger partial charge in [0.25, 0.3) is 5.91 Å². The quantitative estimate of drug-likeness (QED) is 0.855. The molecule has 0 aromatic carbocycles. The number of rotatable bonds is 3. The molecule has 3 rings (SSSR count). The minimum Gasteiger partial charge on any atom is -0.380 e. The summed E-state index contributed by atoms with van der Waals surface area (Å²) in [5.41, 5.74) is -0.206. The summed E-state index contributed by atoms with van der Waals surface area (Å²) in [6, 6.07) is 0. The van der Waals surface area contributed by atoms with Crippen molar-refractivity contribution in [3.8, 4) is 0 Å². The van der Waals surface area contributed by atoms with Crippen molar-refractivity contribution in [3.05, 3.63) is 17.7 Å². The normalized spacial score (nSPS) is 21.2. The first-order valence-electron chi connectivity index (χ1n) is 7.31. The van der Waals surface area contributed by atoms with Crippen LogP contribution in [-0.4, -0.2) is 32.8 Å². The number of imidazole rings is 1. The minimum absolute atomic E-state index is 0.250. The Balaban J connectivity index is 1.61. The molecular formula is C14H21N3O3. The molecule has 1 amide bonds. The van der Waals surface area contributed by atoms with Crippen LogP contribution in [0, 0.1) is 0 Å². The SMILES string of the molecule is O=C(NCc1cnc2n1CCOC2)C1(O)CCCCC1. The van der Waals surface area contributed by atoms with Crippen LogP contribution in [0.2, 0.25) is 0 Å². The third kappa shape index (κ3) is 2.58. The van der Waals surface area contributed by atoms with Crippen LogP contribution in [0.25, 0.3) is 0 Å².